The van der Waals surface area contributed by atoms with Crippen LogP contribution in [-0.2, 0) is 33.6 Å². The molecule has 4 unspecified atom stereocenters. The summed E-state index contributed by atoms with van der Waals surface area (Å²) in [5.41, 5.74) is 4.50. The fourth-order valence-corrected chi connectivity index (χ4v) is 6.85. The number of carbonyl (C=O) groups excluding carboxylic acids is 6. The van der Waals surface area contributed by atoms with Crippen molar-refractivity contribution in [3.05, 3.63) is 0 Å². The van der Waals surface area contributed by atoms with E-state index in [0.717, 1.165) is 11.4 Å². The molecule has 0 radical (unpaired) electrons. The minimum absolute atomic E-state index is 0.0470. The van der Waals surface area contributed by atoms with E-state index in [1.54, 1.807) is 37.7 Å². The van der Waals surface area contributed by atoms with Crippen molar-refractivity contribution in [2.45, 2.75) is 125 Å². The van der Waals surface area contributed by atoms with E-state index in [1.807, 2.05) is 48.5 Å². The lowest BCUT2D eigenvalue weighted by atomic mass is 9.75. The van der Waals surface area contributed by atoms with E-state index in [9.17, 15) is 41.9 Å². The van der Waals surface area contributed by atoms with E-state index < -0.39 is 46.0 Å². The van der Waals surface area contributed by atoms with Crippen LogP contribution in [0.4, 0.5) is 13.2 Å². The summed E-state index contributed by atoms with van der Waals surface area (Å²) in [6.07, 6.45) is -1.72. The van der Waals surface area contributed by atoms with Gasteiger partial charge in [-0.25, -0.2) is 14.8 Å². The number of hydrazone groups is 2. The van der Waals surface area contributed by atoms with Crippen LogP contribution in [-0.4, -0.2) is 147 Å². The summed E-state index contributed by atoms with van der Waals surface area (Å²) in [4.78, 5) is 87.8. The summed E-state index contributed by atoms with van der Waals surface area (Å²) in [6, 6.07) is -1.20. The third kappa shape index (κ3) is 13.0. The summed E-state index contributed by atoms with van der Waals surface area (Å²) >= 11 is 9.53. The second kappa shape index (κ2) is 21.7. The quantitative estimate of drug-likeness (QED) is 0.248. The van der Waals surface area contributed by atoms with Crippen LogP contribution in [0.15, 0.2) is 10.2 Å². The van der Waals surface area contributed by atoms with E-state index in [-0.39, 0.29) is 40.8 Å². The van der Waals surface area contributed by atoms with Gasteiger partial charge in [-0.15, -0.1) is 23.2 Å². The molecule has 0 saturated carbocycles. The monoisotopic (exact) mass is 899 g/mol. The maximum atomic E-state index is 13.0. The van der Waals surface area contributed by atoms with E-state index in [0.29, 0.717) is 64.7 Å². The number of piperidine rings is 2. The zero-order chi connectivity index (χ0) is 46.8. The number of aliphatic carboxylic acids is 1. The smallest absolute Gasteiger partial charge is 0.475 e. The van der Waals surface area contributed by atoms with Gasteiger partial charge in [0.25, 0.3) is 11.8 Å². The standard InChI is InChI=1S/C18H30N4O3.C17H29N5O3.C2HF3O2.CH2Cl2/c1-7-12(19-15(24)17(3,4)5)14(23)22-10-9-13-18(8-2,11-22)16(25)21(6)20-13;1-6-11(19-14(24)16(3,4)18)13(23)22-9-8-12-17(7-2,10-22)15(25)21(5)20-12;3-2(4,5)1(6)7;2-1-3/h12H,7-11H2,1-6H3,(H,19,24);11H,6-10,18H2,1-5H3,(H,19,24);(H,6,7);1H2. The van der Waals surface area contributed by atoms with Crippen LogP contribution in [0.5, 0.6) is 0 Å². The lowest BCUT2D eigenvalue weighted by Crippen LogP contribution is -2.60. The average molecular weight is 901 g/mol. The number of fused-ring (bicyclic) bond motifs is 2. The lowest BCUT2D eigenvalue weighted by Gasteiger charge is -2.40. The number of carboxylic acid groups (broad SMARTS) is 1. The second-order valence-corrected chi connectivity index (χ2v) is 17.2. The van der Waals surface area contributed by atoms with E-state index in [2.05, 4.69) is 20.8 Å². The first kappa shape index (κ1) is 54.0. The SMILES string of the molecule is CCC(NC(=O)C(C)(C)C)C(=O)N1CCC2=NN(C)C(=O)C2(CC)C1.CCC(NC(=O)C(C)(C)N)C(=O)N1CCC2=NN(C)C(=O)C2(CC)C1.ClCCl.O=C(O)C(F)(F)F. The van der Waals surface area contributed by atoms with Crippen molar-refractivity contribution in [3.8, 4) is 0 Å². The van der Waals surface area contributed by atoms with Gasteiger partial charge in [-0.3, -0.25) is 28.8 Å². The van der Waals surface area contributed by atoms with Gasteiger partial charge in [0.15, 0.2) is 0 Å². The first-order valence-corrected chi connectivity index (χ1v) is 20.7. The van der Waals surface area contributed by atoms with Crippen molar-refractivity contribution in [2.75, 3.05) is 45.6 Å². The summed E-state index contributed by atoms with van der Waals surface area (Å²) < 4.78 is 31.7. The van der Waals surface area contributed by atoms with E-state index in [4.69, 9.17) is 38.8 Å². The summed E-state index contributed by atoms with van der Waals surface area (Å²) in [7, 11) is 3.31. The molecule has 2 fully saturated rings. The normalized spacial score (nSPS) is 22.2. The predicted octanol–water partition coefficient (Wildman–Crippen LogP) is 3.51. The zero-order valence-corrected chi connectivity index (χ0v) is 37.9. The molecule has 4 atom stereocenters. The Balaban J connectivity index is 0.000000490. The van der Waals surface area contributed by atoms with Gasteiger partial charge in [-0.05, 0) is 39.5 Å². The van der Waals surface area contributed by atoms with E-state index >= 15 is 0 Å². The number of nitrogens with zero attached hydrogens (tertiary/aromatic N) is 6. The molecule has 0 aliphatic carbocycles. The molecular formula is C38H62Cl2F3N9O8. The number of rotatable bonds is 9. The van der Waals surface area contributed by atoms with Crippen LogP contribution in [0.1, 0.15) is 101 Å². The molecule has 4 aliphatic rings. The Bertz CT molecular complexity index is 1560. The van der Waals surface area contributed by atoms with Crippen LogP contribution >= 0.6 is 23.2 Å². The van der Waals surface area contributed by atoms with Crippen LogP contribution in [0, 0.1) is 16.2 Å². The molecular weight excluding hydrogens is 838 g/mol. The predicted molar refractivity (Wildman–Crippen MR) is 221 cm³/mol. The number of carbonyl (C=O) groups is 7. The Labute approximate surface area is 359 Å². The molecule has 4 heterocycles. The number of likely N-dealkylation sites (tertiary alicyclic amines) is 2. The third-order valence-corrected chi connectivity index (χ3v) is 10.6. The van der Waals surface area contributed by atoms with Crippen molar-refractivity contribution in [2.24, 2.45) is 32.2 Å². The Hall–Kier alpha value is -4.04. The number of nitrogens with one attached hydrogen (secondary N) is 2. The van der Waals surface area contributed by atoms with Gasteiger partial charge in [-0.1, -0.05) is 48.5 Å². The highest BCUT2D eigenvalue weighted by Gasteiger charge is 2.54. The van der Waals surface area contributed by atoms with Crippen LogP contribution in [0.25, 0.3) is 0 Å². The number of carboxylic acids is 1. The minimum atomic E-state index is -5.08. The number of hydrogen-bond acceptors (Lipinski definition) is 10. The highest BCUT2D eigenvalue weighted by molar-refractivity contribution is 6.40. The molecule has 0 spiro atoms. The highest BCUT2D eigenvalue weighted by atomic mass is 35.5. The Morgan fingerprint density at radius 1 is 0.750 bits per heavy atom. The summed E-state index contributed by atoms with van der Waals surface area (Å²) in [6.45, 7) is 18.0. The van der Waals surface area contributed by atoms with Crippen LogP contribution in [0.2, 0.25) is 0 Å². The number of halogens is 5. The van der Waals surface area contributed by atoms with Gasteiger partial charge in [0, 0.05) is 58.5 Å². The molecule has 0 bridgehead atoms. The second-order valence-electron chi connectivity index (χ2n) is 16.4. The Kier molecular flexibility index (Phi) is 19.5. The molecule has 342 valence electrons. The zero-order valence-electron chi connectivity index (χ0n) is 36.4. The fraction of sp³-hybridized carbons (Fsp3) is 0.763. The molecule has 0 aromatic carbocycles. The van der Waals surface area contributed by atoms with Gasteiger partial charge < -0.3 is 31.3 Å². The molecule has 60 heavy (non-hydrogen) atoms. The van der Waals surface area contributed by atoms with Crippen molar-refractivity contribution in [3.63, 3.8) is 0 Å². The lowest BCUT2D eigenvalue weighted by molar-refractivity contribution is -0.192. The summed E-state index contributed by atoms with van der Waals surface area (Å²) in [5.74, 6) is -3.67. The maximum Gasteiger partial charge on any atom is 0.490 e. The molecule has 2 saturated heterocycles. The van der Waals surface area contributed by atoms with Gasteiger partial charge in [-0.2, -0.15) is 23.4 Å². The molecule has 22 heteroatoms. The first-order valence-electron chi connectivity index (χ1n) is 19.6. The van der Waals surface area contributed by atoms with Crippen molar-refractivity contribution in [1.29, 1.82) is 0 Å². The average Bonchev–Trinajstić information content (AvgIpc) is 3.58. The van der Waals surface area contributed by atoms with Gasteiger partial charge in [0.1, 0.15) is 22.9 Å². The fourth-order valence-electron chi connectivity index (χ4n) is 6.85. The molecule has 4 rings (SSSR count). The molecule has 0 aromatic rings. The minimum Gasteiger partial charge on any atom is -0.475 e. The summed E-state index contributed by atoms with van der Waals surface area (Å²) in [5, 5.41) is 24.4. The van der Waals surface area contributed by atoms with Crippen LogP contribution in [0.3, 0.4) is 0 Å². The largest absolute Gasteiger partial charge is 0.490 e. The number of nitrogens with two attached hydrogens (primary N) is 1. The molecule has 6 amide bonds. The number of amides is 6. The van der Waals surface area contributed by atoms with Gasteiger partial charge in [0.05, 0.1) is 22.3 Å². The van der Waals surface area contributed by atoms with Crippen molar-refractivity contribution >= 4 is 76.0 Å². The van der Waals surface area contributed by atoms with E-state index in [1.165, 1.54) is 10.0 Å². The molecule has 17 nitrogen and oxygen atoms in total. The van der Waals surface area contributed by atoms with Gasteiger partial charge >= 0.3 is 12.1 Å². The van der Waals surface area contributed by atoms with Crippen molar-refractivity contribution < 1.29 is 51.8 Å². The van der Waals surface area contributed by atoms with Crippen LogP contribution < -0.4 is 16.4 Å². The number of hydrogen-bond donors (Lipinski definition) is 4. The van der Waals surface area contributed by atoms with Crippen molar-refractivity contribution in [1.82, 2.24) is 30.5 Å². The molecule has 5 N–H and O–H groups in total. The maximum absolute atomic E-state index is 13.0. The molecule has 0 aromatic heterocycles. The highest BCUT2D eigenvalue weighted by Crippen LogP contribution is 2.39. The Morgan fingerprint density at radius 2 is 1.07 bits per heavy atom. The third-order valence-electron chi connectivity index (χ3n) is 10.6. The topological polar surface area (TPSA) is 227 Å². The van der Waals surface area contributed by atoms with Gasteiger partial charge in [0.2, 0.25) is 23.6 Å². The Morgan fingerprint density at radius 3 is 1.32 bits per heavy atom. The number of alkyl halides is 5. The first-order chi connectivity index (χ1) is 27.5. The molecule has 4 aliphatic heterocycles.